The quantitative estimate of drug-likeness (QED) is 0.759. The molecule has 3 heterocycles. The van der Waals surface area contributed by atoms with Gasteiger partial charge in [0.2, 0.25) is 0 Å². The third-order valence-electron chi connectivity index (χ3n) is 4.64. The number of hydrogen-bond acceptors (Lipinski definition) is 5. The lowest BCUT2D eigenvalue weighted by atomic mass is 10.2. The van der Waals surface area contributed by atoms with Crippen LogP contribution in [0.3, 0.4) is 0 Å². The molecule has 0 saturated carbocycles. The molecule has 2 N–H and O–H groups in total. The third-order valence-corrected chi connectivity index (χ3v) is 4.64. The van der Waals surface area contributed by atoms with Crippen LogP contribution in [0.5, 0.6) is 0 Å². The molecular weight excluding hydrogens is 337 g/mol. The van der Waals surface area contributed by atoms with Gasteiger partial charge in [-0.1, -0.05) is 0 Å². The van der Waals surface area contributed by atoms with Gasteiger partial charge in [-0.05, 0) is 24.3 Å². The molecule has 4 rings (SSSR count). The highest BCUT2D eigenvalue weighted by atomic mass is 19.1. The van der Waals surface area contributed by atoms with Crippen molar-refractivity contribution in [3.63, 3.8) is 0 Å². The maximum absolute atomic E-state index is 13.5. The molecule has 1 atom stereocenters. The summed E-state index contributed by atoms with van der Waals surface area (Å²) in [7, 11) is 1.80. The first-order valence-electron chi connectivity index (χ1n) is 8.27. The first-order chi connectivity index (χ1) is 12.5. The summed E-state index contributed by atoms with van der Waals surface area (Å²) in [5, 5.41) is 0.693. The number of nitrogen functional groups attached to an aromatic ring is 1. The van der Waals surface area contributed by atoms with E-state index in [2.05, 4.69) is 9.97 Å². The third kappa shape index (κ3) is 2.78. The summed E-state index contributed by atoms with van der Waals surface area (Å²) < 4.78 is 21.0. The van der Waals surface area contributed by atoms with Crippen molar-refractivity contribution in [3.8, 4) is 0 Å². The molecule has 1 fully saturated rings. The fourth-order valence-electron chi connectivity index (χ4n) is 3.29. The Hall–Kier alpha value is -3.00. The Kier molecular flexibility index (Phi) is 4.04. The minimum Gasteiger partial charge on any atom is -0.382 e. The van der Waals surface area contributed by atoms with Gasteiger partial charge >= 0.3 is 0 Å². The van der Waals surface area contributed by atoms with Crippen LogP contribution in [0.1, 0.15) is 22.3 Å². The molecule has 8 heteroatoms. The summed E-state index contributed by atoms with van der Waals surface area (Å²) in [6.07, 6.45) is 2.64. The summed E-state index contributed by atoms with van der Waals surface area (Å²) >= 11 is 0. The van der Waals surface area contributed by atoms with Gasteiger partial charge in [0.1, 0.15) is 29.1 Å². The van der Waals surface area contributed by atoms with Crippen LogP contribution in [0.2, 0.25) is 0 Å². The lowest BCUT2D eigenvalue weighted by Crippen LogP contribution is -2.43. The molecule has 2 aromatic heterocycles. The molecule has 0 radical (unpaired) electrons. The van der Waals surface area contributed by atoms with E-state index in [1.165, 1.54) is 18.3 Å². The molecule has 26 heavy (non-hydrogen) atoms. The Bertz CT molecular complexity index is 987. The van der Waals surface area contributed by atoms with Gasteiger partial charge < -0.3 is 19.9 Å². The number of amides is 1. The topological polar surface area (TPSA) is 86.3 Å². The second-order valence-electron chi connectivity index (χ2n) is 6.23. The Morgan fingerprint density at radius 1 is 1.31 bits per heavy atom. The summed E-state index contributed by atoms with van der Waals surface area (Å²) in [5.41, 5.74) is 7.71. The highest BCUT2D eigenvalue weighted by molar-refractivity contribution is 5.98. The maximum Gasteiger partial charge on any atom is 0.270 e. The number of hydrogen-bond donors (Lipinski definition) is 1. The molecule has 0 bridgehead atoms. The largest absolute Gasteiger partial charge is 0.382 e. The van der Waals surface area contributed by atoms with E-state index in [9.17, 15) is 9.18 Å². The van der Waals surface area contributed by atoms with Gasteiger partial charge in [0, 0.05) is 36.9 Å². The van der Waals surface area contributed by atoms with Gasteiger partial charge in [0.05, 0.1) is 13.2 Å². The van der Waals surface area contributed by atoms with Crippen LogP contribution in [0.25, 0.3) is 10.9 Å². The number of fused-ring (bicyclic) bond motifs is 1. The van der Waals surface area contributed by atoms with Crippen LogP contribution in [-0.2, 0) is 11.8 Å². The molecule has 7 nitrogen and oxygen atoms in total. The Morgan fingerprint density at radius 2 is 2.12 bits per heavy atom. The van der Waals surface area contributed by atoms with Crippen molar-refractivity contribution < 1.29 is 13.9 Å². The van der Waals surface area contributed by atoms with Crippen LogP contribution in [0, 0.1) is 5.82 Å². The summed E-state index contributed by atoms with van der Waals surface area (Å²) in [5.74, 6) is -0.168. The molecule has 134 valence electrons. The van der Waals surface area contributed by atoms with E-state index < -0.39 is 6.10 Å². The minimum atomic E-state index is -0.423. The van der Waals surface area contributed by atoms with E-state index in [4.69, 9.17) is 10.5 Å². The van der Waals surface area contributed by atoms with Gasteiger partial charge in [-0.15, -0.1) is 0 Å². The molecule has 3 aromatic rings. The molecule has 1 aliphatic rings. The van der Waals surface area contributed by atoms with Crippen molar-refractivity contribution in [1.82, 2.24) is 19.4 Å². The van der Waals surface area contributed by atoms with Crippen LogP contribution in [-0.4, -0.2) is 45.0 Å². The van der Waals surface area contributed by atoms with Crippen molar-refractivity contribution in [3.05, 3.63) is 53.9 Å². The number of ether oxygens (including phenoxy) is 1. The second kappa shape index (κ2) is 6.38. The first kappa shape index (κ1) is 16.5. The number of halogens is 1. The molecule has 1 aromatic carbocycles. The maximum atomic E-state index is 13.5. The SMILES string of the molecule is Cn1c(C(=O)N2CCOC(c3nccnc3N)C2)cc2cc(F)ccc21. The van der Waals surface area contributed by atoms with Gasteiger partial charge in [-0.25, -0.2) is 9.37 Å². The van der Waals surface area contributed by atoms with Crippen molar-refractivity contribution in [2.75, 3.05) is 25.4 Å². The number of aromatic nitrogens is 3. The molecule has 1 amide bonds. The number of nitrogens with two attached hydrogens (primary N) is 1. The van der Waals surface area contributed by atoms with Gasteiger partial charge in [0.25, 0.3) is 5.91 Å². The monoisotopic (exact) mass is 355 g/mol. The molecular formula is C18H18FN5O2. The Morgan fingerprint density at radius 3 is 2.92 bits per heavy atom. The van der Waals surface area contributed by atoms with Crippen molar-refractivity contribution >= 4 is 22.6 Å². The van der Waals surface area contributed by atoms with Crippen molar-refractivity contribution in [2.45, 2.75) is 6.10 Å². The first-order valence-corrected chi connectivity index (χ1v) is 8.27. The normalized spacial score (nSPS) is 17.6. The Labute approximate surface area is 149 Å². The number of aryl methyl sites for hydroxylation is 1. The predicted molar refractivity (Wildman–Crippen MR) is 93.9 cm³/mol. The predicted octanol–water partition coefficient (Wildman–Crippen LogP) is 1.90. The van der Waals surface area contributed by atoms with E-state index in [1.807, 2.05) is 0 Å². The average molecular weight is 355 g/mol. The van der Waals surface area contributed by atoms with Crippen LogP contribution in [0.15, 0.2) is 36.7 Å². The number of anilines is 1. The molecule has 1 unspecified atom stereocenters. The zero-order valence-electron chi connectivity index (χ0n) is 14.2. The molecule has 1 aliphatic heterocycles. The molecule has 0 spiro atoms. The summed E-state index contributed by atoms with van der Waals surface area (Å²) in [6, 6.07) is 6.19. The number of rotatable bonds is 2. The minimum absolute atomic E-state index is 0.139. The summed E-state index contributed by atoms with van der Waals surface area (Å²) in [4.78, 5) is 23.0. The number of carbonyl (C=O) groups excluding carboxylic acids is 1. The molecule has 0 aliphatic carbocycles. The number of morpholine rings is 1. The van der Waals surface area contributed by atoms with Crippen LogP contribution < -0.4 is 5.73 Å². The average Bonchev–Trinajstić information content (AvgIpc) is 2.97. The standard InChI is InChI=1S/C18H18FN5O2/c1-23-13-3-2-12(19)8-11(13)9-14(23)18(25)24-6-7-26-15(10-24)16-17(20)22-5-4-21-16/h2-5,8-9,15H,6-7,10H2,1H3,(H2,20,22). The lowest BCUT2D eigenvalue weighted by molar-refractivity contribution is -0.0247. The Balaban J connectivity index is 1.62. The van der Waals surface area contributed by atoms with Gasteiger partial charge in [-0.2, -0.15) is 0 Å². The fourth-order valence-corrected chi connectivity index (χ4v) is 3.29. The number of nitrogens with zero attached hydrogens (tertiary/aromatic N) is 4. The van der Waals surface area contributed by atoms with Gasteiger partial charge in [-0.3, -0.25) is 9.78 Å². The molecule has 1 saturated heterocycles. The van der Waals surface area contributed by atoms with E-state index in [0.29, 0.717) is 42.3 Å². The van der Waals surface area contributed by atoms with E-state index in [1.54, 1.807) is 34.8 Å². The van der Waals surface area contributed by atoms with E-state index in [0.717, 1.165) is 5.52 Å². The van der Waals surface area contributed by atoms with E-state index >= 15 is 0 Å². The van der Waals surface area contributed by atoms with E-state index in [-0.39, 0.29) is 11.7 Å². The lowest BCUT2D eigenvalue weighted by Gasteiger charge is -2.32. The highest BCUT2D eigenvalue weighted by Gasteiger charge is 2.29. The van der Waals surface area contributed by atoms with Crippen LogP contribution in [0.4, 0.5) is 10.2 Å². The van der Waals surface area contributed by atoms with Crippen molar-refractivity contribution in [1.29, 1.82) is 0 Å². The number of benzene rings is 1. The zero-order chi connectivity index (χ0) is 18.3. The summed E-state index contributed by atoms with van der Waals surface area (Å²) in [6.45, 7) is 1.17. The van der Waals surface area contributed by atoms with Crippen LogP contribution >= 0.6 is 0 Å². The second-order valence-corrected chi connectivity index (χ2v) is 6.23. The number of carbonyl (C=O) groups is 1. The van der Waals surface area contributed by atoms with Crippen molar-refractivity contribution in [2.24, 2.45) is 7.05 Å². The highest BCUT2D eigenvalue weighted by Crippen LogP contribution is 2.26. The fraction of sp³-hybridized carbons (Fsp3) is 0.278. The van der Waals surface area contributed by atoms with Gasteiger partial charge in [0.15, 0.2) is 0 Å². The smallest absolute Gasteiger partial charge is 0.270 e. The zero-order valence-corrected chi connectivity index (χ0v) is 14.2.